The first-order valence-corrected chi connectivity index (χ1v) is 3.68. The minimum Gasteiger partial charge on any atom is -0.383 e. The van der Waals surface area contributed by atoms with Gasteiger partial charge < -0.3 is 5.32 Å². The molecular formula is C7H12FNS. The quantitative estimate of drug-likeness (QED) is 0.478. The van der Waals surface area contributed by atoms with Gasteiger partial charge in [-0.15, -0.1) is 12.6 Å². The number of likely N-dealkylation sites (N-methyl/N-ethyl adjacent to an activating group) is 1. The van der Waals surface area contributed by atoms with Crippen molar-refractivity contribution in [3.05, 3.63) is 23.0 Å². The Bertz CT molecular complexity index is 152. The molecule has 0 aromatic carbocycles. The average molecular weight is 161 g/mol. The molecule has 1 nitrogen and oxygen atoms in total. The number of rotatable bonds is 3. The fraction of sp³-hybridized carbons (Fsp3) is 0.429. The highest BCUT2D eigenvalue weighted by atomic mass is 32.1. The topological polar surface area (TPSA) is 12.0 Å². The molecule has 10 heavy (non-hydrogen) atoms. The van der Waals surface area contributed by atoms with E-state index in [4.69, 9.17) is 0 Å². The van der Waals surface area contributed by atoms with Crippen molar-refractivity contribution >= 4 is 12.6 Å². The molecule has 0 rings (SSSR count). The first kappa shape index (κ1) is 9.56. The second kappa shape index (κ2) is 5.35. The maximum absolute atomic E-state index is 12.6. The van der Waals surface area contributed by atoms with E-state index < -0.39 is 0 Å². The van der Waals surface area contributed by atoms with Gasteiger partial charge in [-0.3, -0.25) is 0 Å². The molecule has 0 aromatic heterocycles. The van der Waals surface area contributed by atoms with Crippen molar-refractivity contribution in [2.24, 2.45) is 0 Å². The summed E-state index contributed by atoms with van der Waals surface area (Å²) in [6.45, 7) is 4.40. The van der Waals surface area contributed by atoms with Crippen LogP contribution in [0.15, 0.2) is 23.0 Å². The molecule has 0 bridgehead atoms. The van der Waals surface area contributed by atoms with E-state index in [9.17, 15) is 4.39 Å². The molecule has 0 radical (unpaired) electrons. The predicted octanol–water partition coefficient (Wildman–Crippen LogP) is 2.24. The van der Waals surface area contributed by atoms with Crippen molar-refractivity contribution < 1.29 is 4.39 Å². The van der Waals surface area contributed by atoms with Crippen molar-refractivity contribution in [3.8, 4) is 0 Å². The molecule has 0 aliphatic heterocycles. The summed E-state index contributed by atoms with van der Waals surface area (Å²) in [4.78, 5) is 0. The number of halogens is 1. The van der Waals surface area contributed by atoms with Crippen LogP contribution >= 0.6 is 12.6 Å². The summed E-state index contributed by atoms with van der Waals surface area (Å²) < 4.78 is 12.6. The average Bonchev–Trinajstić information content (AvgIpc) is 1.99. The Morgan fingerprint density at radius 1 is 1.70 bits per heavy atom. The largest absolute Gasteiger partial charge is 0.383 e. The van der Waals surface area contributed by atoms with Crippen LogP contribution in [-0.4, -0.2) is 6.54 Å². The minimum atomic E-state index is -0.326. The van der Waals surface area contributed by atoms with E-state index in [1.807, 2.05) is 6.92 Å². The first-order valence-electron chi connectivity index (χ1n) is 3.16. The SMILES string of the molecule is C/C=C(NCC)\C(F)=C/S. The highest BCUT2D eigenvalue weighted by Crippen LogP contribution is 2.08. The summed E-state index contributed by atoms with van der Waals surface area (Å²) in [5.41, 5.74) is 0.498. The van der Waals surface area contributed by atoms with Gasteiger partial charge in [-0.05, 0) is 13.8 Å². The molecule has 0 atom stereocenters. The molecule has 0 unspecified atom stereocenters. The monoisotopic (exact) mass is 161 g/mol. The minimum absolute atomic E-state index is 0.326. The summed E-state index contributed by atoms with van der Waals surface area (Å²) in [7, 11) is 0. The molecule has 1 N–H and O–H groups in total. The summed E-state index contributed by atoms with van der Waals surface area (Å²) in [6.07, 6.45) is 1.67. The van der Waals surface area contributed by atoms with E-state index in [2.05, 4.69) is 17.9 Å². The molecule has 0 heterocycles. The normalized spacial score (nSPS) is 13.6. The summed E-state index contributed by atoms with van der Waals surface area (Å²) in [6, 6.07) is 0. The number of hydrogen-bond acceptors (Lipinski definition) is 2. The molecule has 0 fully saturated rings. The maximum atomic E-state index is 12.6. The Hall–Kier alpha value is -0.440. The zero-order valence-corrected chi connectivity index (χ0v) is 7.08. The van der Waals surface area contributed by atoms with Crippen molar-refractivity contribution in [1.82, 2.24) is 5.32 Å². The number of nitrogens with one attached hydrogen (secondary N) is 1. The van der Waals surface area contributed by atoms with E-state index >= 15 is 0 Å². The third-order valence-electron chi connectivity index (χ3n) is 1.03. The third kappa shape index (κ3) is 2.92. The van der Waals surface area contributed by atoms with Crippen LogP contribution in [0.5, 0.6) is 0 Å². The molecule has 0 aliphatic rings. The lowest BCUT2D eigenvalue weighted by molar-refractivity contribution is 0.626. The molecule has 0 spiro atoms. The van der Waals surface area contributed by atoms with Crippen LogP contribution in [0, 0.1) is 0 Å². The van der Waals surface area contributed by atoms with E-state index in [0.717, 1.165) is 5.41 Å². The molecule has 0 saturated carbocycles. The highest BCUT2D eigenvalue weighted by molar-refractivity contribution is 7.83. The van der Waals surface area contributed by atoms with Gasteiger partial charge in [0.15, 0.2) is 5.83 Å². The summed E-state index contributed by atoms with van der Waals surface area (Å²) >= 11 is 3.68. The van der Waals surface area contributed by atoms with Crippen LogP contribution in [0.4, 0.5) is 4.39 Å². The van der Waals surface area contributed by atoms with Gasteiger partial charge in [0.1, 0.15) is 0 Å². The van der Waals surface area contributed by atoms with E-state index in [-0.39, 0.29) is 5.83 Å². The lowest BCUT2D eigenvalue weighted by Crippen LogP contribution is -2.11. The second-order valence-corrected chi connectivity index (χ2v) is 1.97. The van der Waals surface area contributed by atoms with E-state index in [0.29, 0.717) is 12.2 Å². The lowest BCUT2D eigenvalue weighted by Gasteiger charge is -2.03. The Morgan fingerprint density at radius 2 is 2.30 bits per heavy atom. The molecule has 0 aliphatic carbocycles. The third-order valence-corrected chi connectivity index (χ3v) is 1.25. The van der Waals surface area contributed by atoms with Gasteiger partial charge >= 0.3 is 0 Å². The van der Waals surface area contributed by atoms with Gasteiger partial charge in [0.2, 0.25) is 0 Å². The molecule has 0 amide bonds. The van der Waals surface area contributed by atoms with Gasteiger partial charge in [-0.1, -0.05) is 6.08 Å². The fourth-order valence-corrected chi connectivity index (χ4v) is 0.723. The summed E-state index contributed by atoms with van der Waals surface area (Å²) in [5.74, 6) is -0.326. The van der Waals surface area contributed by atoms with Crippen LogP contribution in [0.3, 0.4) is 0 Å². The smallest absolute Gasteiger partial charge is 0.151 e. The van der Waals surface area contributed by atoms with Gasteiger partial charge in [0.25, 0.3) is 0 Å². The zero-order valence-electron chi connectivity index (χ0n) is 6.19. The fourth-order valence-electron chi connectivity index (χ4n) is 0.584. The van der Waals surface area contributed by atoms with E-state index in [1.165, 1.54) is 0 Å². The van der Waals surface area contributed by atoms with Crippen molar-refractivity contribution in [3.63, 3.8) is 0 Å². The van der Waals surface area contributed by atoms with Gasteiger partial charge in [-0.2, -0.15) is 0 Å². The summed E-state index contributed by atoms with van der Waals surface area (Å²) in [5, 5.41) is 3.99. The molecule has 58 valence electrons. The number of thiol groups is 1. The molecule has 0 saturated heterocycles. The number of allylic oxidation sites excluding steroid dienone is 2. The molecular weight excluding hydrogens is 149 g/mol. The van der Waals surface area contributed by atoms with Crippen LogP contribution in [0.2, 0.25) is 0 Å². The predicted molar refractivity (Wildman–Crippen MR) is 45.6 cm³/mol. The first-order chi connectivity index (χ1) is 4.76. The van der Waals surface area contributed by atoms with Gasteiger partial charge in [-0.25, -0.2) is 4.39 Å². The zero-order chi connectivity index (χ0) is 7.98. The molecule has 0 aromatic rings. The van der Waals surface area contributed by atoms with Gasteiger partial charge in [0, 0.05) is 12.0 Å². The Labute approximate surface area is 66.4 Å². The molecule has 3 heteroatoms. The lowest BCUT2D eigenvalue weighted by atomic mass is 10.4. The van der Waals surface area contributed by atoms with Crippen LogP contribution in [-0.2, 0) is 0 Å². The van der Waals surface area contributed by atoms with E-state index in [1.54, 1.807) is 13.0 Å². The van der Waals surface area contributed by atoms with Crippen molar-refractivity contribution in [2.75, 3.05) is 6.54 Å². The standard InChI is InChI=1S/C7H12FNS/c1-3-7(9-4-2)6(8)5-10/h3,5,9-10H,4H2,1-2H3/b6-5+,7-3+. The highest BCUT2D eigenvalue weighted by Gasteiger charge is 1.97. The second-order valence-electron chi connectivity index (χ2n) is 1.71. The van der Waals surface area contributed by atoms with Gasteiger partial charge in [0.05, 0.1) is 5.70 Å². The van der Waals surface area contributed by atoms with Crippen LogP contribution in [0.25, 0.3) is 0 Å². The maximum Gasteiger partial charge on any atom is 0.151 e. The van der Waals surface area contributed by atoms with Crippen LogP contribution in [0.1, 0.15) is 13.8 Å². The van der Waals surface area contributed by atoms with Crippen molar-refractivity contribution in [1.29, 1.82) is 0 Å². The van der Waals surface area contributed by atoms with Crippen LogP contribution < -0.4 is 5.32 Å². The Morgan fingerprint density at radius 3 is 2.60 bits per heavy atom. The number of hydrogen-bond donors (Lipinski definition) is 2. The van der Waals surface area contributed by atoms with Crippen molar-refractivity contribution in [2.45, 2.75) is 13.8 Å². The Kier molecular flexibility index (Phi) is 5.12. The Balaban J connectivity index is 4.09.